The van der Waals surface area contributed by atoms with Crippen LogP contribution >= 0.6 is 31.9 Å². The van der Waals surface area contributed by atoms with Crippen LogP contribution in [0.3, 0.4) is 0 Å². The Bertz CT molecular complexity index is 1500. The first-order chi connectivity index (χ1) is 17.8. The molecule has 6 nitrogen and oxygen atoms in total. The van der Waals surface area contributed by atoms with Gasteiger partial charge in [-0.25, -0.2) is 4.98 Å². The second-order valence-corrected chi connectivity index (χ2v) is 10.6. The number of aromatic nitrogens is 2. The number of benzene rings is 3. The van der Waals surface area contributed by atoms with Crippen molar-refractivity contribution in [1.29, 1.82) is 0 Å². The number of nitrogens with zero attached hydrogens (tertiary/aromatic N) is 3. The second-order valence-electron chi connectivity index (χ2n) is 8.83. The summed E-state index contributed by atoms with van der Waals surface area (Å²) < 4.78 is 14.9. The Labute approximate surface area is 233 Å². The van der Waals surface area contributed by atoms with E-state index in [1.165, 1.54) is 10.2 Å². The molecule has 0 saturated heterocycles. The quantitative estimate of drug-likeness (QED) is 0.179. The lowest BCUT2D eigenvalue weighted by molar-refractivity contribution is 0.269. The molecular formula is C29H29Br2N3O3. The van der Waals surface area contributed by atoms with E-state index in [2.05, 4.69) is 75.1 Å². The molecule has 0 radical (unpaired) electrons. The Hall–Kier alpha value is -2.97. The topological polar surface area (TPSA) is 65.7 Å². The van der Waals surface area contributed by atoms with E-state index in [4.69, 9.17) is 14.5 Å². The SMILES string of the molecule is CCOc1cc(C=Nn2c([C@@H](C)CC)nc3ccc(Br)cc3c2=O)c(Br)cc1OCc1ccc(C)cc1. The van der Waals surface area contributed by atoms with Crippen molar-refractivity contribution in [1.82, 2.24) is 9.66 Å². The average molecular weight is 627 g/mol. The summed E-state index contributed by atoms with van der Waals surface area (Å²) in [4.78, 5) is 18.2. The number of fused-ring (bicyclic) bond motifs is 1. The van der Waals surface area contributed by atoms with Gasteiger partial charge >= 0.3 is 0 Å². The molecule has 1 aromatic heterocycles. The number of hydrogen-bond acceptors (Lipinski definition) is 5. The summed E-state index contributed by atoms with van der Waals surface area (Å²) in [6, 6.07) is 17.5. The van der Waals surface area contributed by atoms with Crippen LogP contribution < -0.4 is 15.0 Å². The molecule has 37 heavy (non-hydrogen) atoms. The van der Waals surface area contributed by atoms with Crippen molar-refractivity contribution in [2.75, 3.05) is 6.61 Å². The molecule has 192 valence electrons. The lowest BCUT2D eigenvalue weighted by Gasteiger charge is -2.15. The standard InChI is InChI=1S/C29H29Br2N3O3/c1-5-19(4)28-33-25-12-11-22(30)14-23(25)29(35)34(28)32-16-21-13-26(36-6-2)27(15-24(21)31)37-17-20-9-7-18(3)8-10-20/h7-16,19H,5-6,17H2,1-4H3/t19-/m0/s1. The van der Waals surface area contributed by atoms with Gasteiger partial charge in [0, 0.05) is 20.4 Å². The molecule has 0 unspecified atom stereocenters. The molecule has 1 atom stereocenters. The van der Waals surface area contributed by atoms with Crippen molar-refractivity contribution >= 4 is 49.0 Å². The Morgan fingerprint density at radius 1 is 1.03 bits per heavy atom. The molecule has 4 aromatic rings. The molecule has 4 rings (SSSR count). The lowest BCUT2D eigenvalue weighted by atomic mass is 10.1. The largest absolute Gasteiger partial charge is 0.490 e. The van der Waals surface area contributed by atoms with Crippen LogP contribution in [0.2, 0.25) is 0 Å². The molecule has 8 heteroatoms. The minimum absolute atomic E-state index is 0.0536. The Kier molecular flexibility index (Phi) is 8.82. The van der Waals surface area contributed by atoms with Crippen LogP contribution in [0, 0.1) is 6.92 Å². The third-order valence-corrected chi connectivity index (χ3v) is 7.26. The highest BCUT2D eigenvalue weighted by atomic mass is 79.9. The van der Waals surface area contributed by atoms with Gasteiger partial charge in [0.1, 0.15) is 12.4 Å². The average Bonchev–Trinajstić information content (AvgIpc) is 2.89. The van der Waals surface area contributed by atoms with E-state index in [-0.39, 0.29) is 11.5 Å². The van der Waals surface area contributed by atoms with Crippen molar-refractivity contribution in [3.05, 3.63) is 96.4 Å². The van der Waals surface area contributed by atoms with Crippen LogP contribution in [-0.4, -0.2) is 22.5 Å². The fraction of sp³-hybridized carbons (Fsp3) is 0.276. The second kappa shape index (κ2) is 12.0. The van der Waals surface area contributed by atoms with Gasteiger partial charge in [-0.2, -0.15) is 9.78 Å². The maximum absolute atomic E-state index is 13.4. The molecule has 0 aliphatic rings. The van der Waals surface area contributed by atoms with Crippen LogP contribution in [0.15, 0.2) is 73.4 Å². The van der Waals surface area contributed by atoms with E-state index < -0.39 is 0 Å². The smallest absolute Gasteiger partial charge is 0.282 e. The number of ether oxygens (including phenoxy) is 2. The molecule has 0 aliphatic carbocycles. The van der Waals surface area contributed by atoms with E-state index in [0.717, 1.165) is 26.5 Å². The molecule has 0 N–H and O–H groups in total. The summed E-state index contributed by atoms with van der Waals surface area (Å²) in [5.41, 5.74) is 3.47. The predicted octanol–water partition coefficient (Wildman–Crippen LogP) is 7.60. The third-order valence-electron chi connectivity index (χ3n) is 6.08. The zero-order valence-corrected chi connectivity index (χ0v) is 24.5. The highest BCUT2D eigenvalue weighted by molar-refractivity contribution is 9.10. The first kappa shape index (κ1) is 27.1. The predicted molar refractivity (Wildman–Crippen MR) is 156 cm³/mol. The first-order valence-electron chi connectivity index (χ1n) is 12.2. The molecule has 3 aromatic carbocycles. The van der Waals surface area contributed by atoms with Gasteiger partial charge in [0.15, 0.2) is 11.5 Å². The zero-order valence-electron chi connectivity index (χ0n) is 21.3. The summed E-state index contributed by atoms with van der Waals surface area (Å²) in [7, 11) is 0. The van der Waals surface area contributed by atoms with Gasteiger partial charge in [-0.3, -0.25) is 4.79 Å². The van der Waals surface area contributed by atoms with Gasteiger partial charge in [-0.15, -0.1) is 0 Å². The molecule has 0 amide bonds. The van der Waals surface area contributed by atoms with Crippen LogP contribution in [0.1, 0.15) is 55.6 Å². The van der Waals surface area contributed by atoms with Crippen LogP contribution in [-0.2, 0) is 6.61 Å². The molecule has 1 heterocycles. The van der Waals surface area contributed by atoms with E-state index in [1.807, 2.05) is 38.1 Å². The maximum atomic E-state index is 13.4. The molecule has 0 spiro atoms. The van der Waals surface area contributed by atoms with E-state index >= 15 is 0 Å². The number of hydrogen-bond donors (Lipinski definition) is 0. The Morgan fingerprint density at radius 2 is 1.76 bits per heavy atom. The third kappa shape index (κ3) is 6.30. The van der Waals surface area contributed by atoms with Crippen LogP contribution in [0.5, 0.6) is 11.5 Å². The van der Waals surface area contributed by atoms with Gasteiger partial charge in [0.25, 0.3) is 5.56 Å². The van der Waals surface area contributed by atoms with E-state index in [9.17, 15) is 4.79 Å². The van der Waals surface area contributed by atoms with Crippen LogP contribution in [0.25, 0.3) is 10.9 Å². The molecule has 0 saturated carbocycles. The summed E-state index contributed by atoms with van der Waals surface area (Å²) in [6.07, 6.45) is 2.48. The Balaban J connectivity index is 1.71. The molecule has 0 bridgehead atoms. The minimum atomic E-state index is -0.211. The highest BCUT2D eigenvalue weighted by Crippen LogP contribution is 2.34. The van der Waals surface area contributed by atoms with Crippen molar-refractivity contribution in [2.24, 2.45) is 5.10 Å². The molecular weight excluding hydrogens is 598 g/mol. The zero-order chi connectivity index (χ0) is 26.5. The molecule has 0 fully saturated rings. The number of aryl methyl sites for hydroxylation is 1. The molecule has 0 aliphatic heterocycles. The lowest BCUT2D eigenvalue weighted by Crippen LogP contribution is -2.23. The van der Waals surface area contributed by atoms with Gasteiger partial charge in [0.2, 0.25) is 0 Å². The summed E-state index contributed by atoms with van der Waals surface area (Å²) in [6.45, 7) is 9.00. The van der Waals surface area contributed by atoms with E-state index in [1.54, 1.807) is 12.3 Å². The van der Waals surface area contributed by atoms with Crippen molar-refractivity contribution in [2.45, 2.75) is 46.6 Å². The fourth-order valence-corrected chi connectivity index (χ4v) is 4.56. The minimum Gasteiger partial charge on any atom is -0.490 e. The van der Waals surface area contributed by atoms with Gasteiger partial charge in [-0.05, 0) is 72.1 Å². The van der Waals surface area contributed by atoms with Gasteiger partial charge in [0.05, 0.1) is 23.7 Å². The monoisotopic (exact) mass is 625 g/mol. The van der Waals surface area contributed by atoms with Crippen molar-refractivity contribution in [3.8, 4) is 11.5 Å². The summed E-state index contributed by atoms with van der Waals surface area (Å²) in [5.74, 6) is 1.91. The van der Waals surface area contributed by atoms with Crippen molar-refractivity contribution in [3.63, 3.8) is 0 Å². The van der Waals surface area contributed by atoms with Gasteiger partial charge in [-0.1, -0.05) is 59.6 Å². The fourth-order valence-electron chi connectivity index (χ4n) is 3.78. The van der Waals surface area contributed by atoms with Crippen LogP contribution in [0.4, 0.5) is 0 Å². The summed E-state index contributed by atoms with van der Waals surface area (Å²) in [5, 5.41) is 5.10. The van der Waals surface area contributed by atoms with Gasteiger partial charge < -0.3 is 9.47 Å². The summed E-state index contributed by atoms with van der Waals surface area (Å²) >= 11 is 7.09. The first-order valence-corrected chi connectivity index (χ1v) is 13.8. The highest BCUT2D eigenvalue weighted by Gasteiger charge is 2.16. The normalized spacial score (nSPS) is 12.3. The Morgan fingerprint density at radius 3 is 2.46 bits per heavy atom. The van der Waals surface area contributed by atoms with E-state index in [0.29, 0.717) is 41.4 Å². The number of rotatable bonds is 9. The van der Waals surface area contributed by atoms with Crippen molar-refractivity contribution < 1.29 is 9.47 Å². The number of halogens is 2. The maximum Gasteiger partial charge on any atom is 0.282 e.